The molecule has 0 aliphatic heterocycles. The minimum absolute atomic E-state index is 0.257. The number of allylic oxidation sites excluding steroid dienone is 1. The minimum Gasteiger partial charge on any atom is -0.480 e. The van der Waals surface area contributed by atoms with Gasteiger partial charge in [-0.3, -0.25) is 0 Å². The molecule has 1 N–H and O–H groups in total. The molecule has 0 saturated heterocycles. The van der Waals surface area contributed by atoms with E-state index in [4.69, 9.17) is 14.5 Å². The second kappa shape index (κ2) is 8.25. The van der Waals surface area contributed by atoms with Crippen LogP contribution in [0.1, 0.15) is 42.2 Å². The predicted octanol–water partition coefficient (Wildman–Crippen LogP) is 3.86. The summed E-state index contributed by atoms with van der Waals surface area (Å²) in [4.78, 5) is 17.1. The van der Waals surface area contributed by atoms with Gasteiger partial charge in [0.15, 0.2) is 0 Å². The van der Waals surface area contributed by atoms with Gasteiger partial charge in [-0.2, -0.15) is 0 Å². The molecule has 0 aliphatic rings. The molecule has 1 aromatic carbocycles. The van der Waals surface area contributed by atoms with Crippen LogP contribution in [-0.2, 0) is 18.3 Å². The largest absolute Gasteiger partial charge is 0.480 e. The number of hydrogen-bond donors (Lipinski definition) is 1. The highest BCUT2D eigenvalue weighted by atomic mass is 16.5. The van der Waals surface area contributed by atoms with Crippen LogP contribution < -0.4 is 9.47 Å². The number of rotatable bonds is 8. The minimum atomic E-state index is -0.257. The van der Waals surface area contributed by atoms with Crippen LogP contribution in [0.5, 0.6) is 11.8 Å². The van der Waals surface area contributed by atoms with E-state index in [1.807, 2.05) is 24.3 Å². The van der Waals surface area contributed by atoms with E-state index >= 15 is 0 Å². The van der Waals surface area contributed by atoms with Crippen molar-refractivity contribution in [2.75, 3.05) is 14.2 Å². The molecule has 0 aliphatic carbocycles. The Balaban J connectivity index is 1.97. The summed E-state index contributed by atoms with van der Waals surface area (Å²) in [7, 11) is 3.21. The second-order valence-electron chi connectivity index (χ2n) is 7.13. The first kappa shape index (κ1) is 19.6. The summed E-state index contributed by atoms with van der Waals surface area (Å²) in [6.45, 7) is 8.07. The van der Waals surface area contributed by atoms with Gasteiger partial charge in [0.25, 0.3) is 0 Å². The van der Waals surface area contributed by atoms with Crippen LogP contribution in [0, 0.1) is 0 Å². The molecule has 6 heteroatoms. The lowest BCUT2D eigenvalue weighted by atomic mass is 9.87. The number of hydrogen-bond acceptors (Lipinski definition) is 5. The zero-order valence-corrected chi connectivity index (χ0v) is 16.8. The number of aromatic nitrogens is 4. The second-order valence-corrected chi connectivity index (χ2v) is 7.13. The summed E-state index contributed by atoms with van der Waals surface area (Å²) in [6, 6.07) is 10.1. The molecule has 0 radical (unpaired) electrons. The summed E-state index contributed by atoms with van der Waals surface area (Å²) in [5.74, 6) is 0.993. The lowest BCUT2D eigenvalue weighted by Gasteiger charge is -2.19. The van der Waals surface area contributed by atoms with E-state index in [-0.39, 0.29) is 5.41 Å². The van der Waals surface area contributed by atoms with Crippen molar-refractivity contribution in [3.05, 3.63) is 77.7 Å². The fraction of sp³-hybridized carbons (Fsp3) is 0.318. The number of nitrogens with zero attached hydrogens (tertiary/aromatic N) is 3. The number of H-pyrrole nitrogens is 1. The standard InChI is InChI=1S/C22H26N4O2/c1-6-22(2,3)19-16(23-14-24-19)13-18-21(28-5)25-17(20(26-18)27-4)12-15-10-8-7-9-11-15/h6-11,14H,1,12-13H2,2-5H3,(H,23,24). The molecule has 28 heavy (non-hydrogen) atoms. The SMILES string of the molecule is C=CC(C)(C)c1nc[nH]c1Cc1nc(OC)c(Cc2ccccc2)nc1OC. The number of benzene rings is 1. The van der Waals surface area contributed by atoms with Crippen molar-refractivity contribution >= 4 is 0 Å². The van der Waals surface area contributed by atoms with Gasteiger partial charge in [0.1, 0.15) is 11.4 Å². The Morgan fingerprint density at radius 2 is 1.61 bits per heavy atom. The first-order valence-corrected chi connectivity index (χ1v) is 9.16. The molecule has 0 atom stereocenters. The van der Waals surface area contributed by atoms with E-state index in [2.05, 4.69) is 47.5 Å². The lowest BCUT2D eigenvalue weighted by molar-refractivity contribution is 0.364. The molecule has 3 rings (SSSR count). The third-order valence-electron chi connectivity index (χ3n) is 4.75. The van der Waals surface area contributed by atoms with Crippen LogP contribution in [-0.4, -0.2) is 34.2 Å². The van der Waals surface area contributed by atoms with Gasteiger partial charge in [0.2, 0.25) is 11.8 Å². The van der Waals surface area contributed by atoms with Gasteiger partial charge in [-0.15, -0.1) is 6.58 Å². The summed E-state index contributed by atoms with van der Waals surface area (Å²) < 4.78 is 11.1. The highest BCUT2D eigenvalue weighted by molar-refractivity contribution is 5.36. The third kappa shape index (κ3) is 4.06. The van der Waals surface area contributed by atoms with E-state index in [0.717, 1.165) is 22.6 Å². The lowest BCUT2D eigenvalue weighted by Crippen LogP contribution is -2.17. The van der Waals surface area contributed by atoms with Crippen molar-refractivity contribution in [3.63, 3.8) is 0 Å². The molecule has 2 heterocycles. The fourth-order valence-electron chi connectivity index (χ4n) is 3.09. The van der Waals surface area contributed by atoms with Gasteiger partial charge < -0.3 is 14.5 Å². The Bertz CT molecular complexity index is 948. The van der Waals surface area contributed by atoms with Crippen LogP contribution >= 0.6 is 0 Å². The van der Waals surface area contributed by atoms with Crippen LogP contribution in [0.2, 0.25) is 0 Å². The van der Waals surface area contributed by atoms with Crippen LogP contribution in [0.3, 0.4) is 0 Å². The zero-order chi connectivity index (χ0) is 20.1. The molecule has 0 unspecified atom stereocenters. The fourth-order valence-corrected chi connectivity index (χ4v) is 3.09. The normalized spacial score (nSPS) is 11.3. The summed E-state index contributed by atoms with van der Waals surface area (Å²) >= 11 is 0. The van der Waals surface area contributed by atoms with Crippen molar-refractivity contribution < 1.29 is 9.47 Å². The van der Waals surface area contributed by atoms with Gasteiger partial charge in [0.05, 0.1) is 26.2 Å². The molecule has 0 amide bonds. The van der Waals surface area contributed by atoms with Crippen LogP contribution in [0.25, 0.3) is 0 Å². The van der Waals surface area contributed by atoms with E-state index in [1.165, 1.54) is 0 Å². The van der Waals surface area contributed by atoms with E-state index < -0.39 is 0 Å². The van der Waals surface area contributed by atoms with E-state index in [9.17, 15) is 0 Å². The maximum atomic E-state index is 5.54. The van der Waals surface area contributed by atoms with Gasteiger partial charge in [0, 0.05) is 24.0 Å². The predicted molar refractivity (Wildman–Crippen MR) is 109 cm³/mol. The molecule has 0 bridgehead atoms. The number of ether oxygens (including phenoxy) is 2. The number of nitrogens with one attached hydrogen (secondary N) is 1. The molecular formula is C22H26N4O2. The average molecular weight is 378 g/mol. The Labute approximate surface area is 165 Å². The molecule has 3 aromatic rings. The first-order valence-electron chi connectivity index (χ1n) is 9.16. The highest BCUT2D eigenvalue weighted by Gasteiger charge is 2.25. The summed E-state index contributed by atoms with van der Waals surface area (Å²) in [5, 5.41) is 0. The molecule has 2 aromatic heterocycles. The van der Waals surface area contributed by atoms with E-state index in [1.54, 1.807) is 20.5 Å². The van der Waals surface area contributed by atoms with Gasteiger partial charge in [-0.1, -0.05) is 50.3 Å². The average Bonchev–Trinajstić information content (AvgIpc) is 3.18. The molecule has 146 valence electrons. The van der Waals surface area contributed by atoms with Gasteiger partial charge in [-0.05, 0) is 5.56 Å². The summed E-state index contributed by atoms with van der Waals surface area (Å²) in [5.41, 5.74) is 4.20. The van der Waals surface area contributed by atoms with Crippen molar-refractivity contribution in [2.45, 2.75) is 32.1 Å². The van der Waals surface area contributed by atoms with Crippen molar-refractivity contribution in [3.8, 4) is 11.8 Å². The molecule has 6 nitrogen and oxygen atoms in total. The smallest absolute Gasteiger partial charge is 0.236 e. The highest BCUT2D eigenvalue weighted by Crippen LogP contribution is 2.29. The third-order valence-corrected chi connectivity index (χ3v) is 4.75. The Hall–Kier alpha value is -3.15. The Morgan fingerprint density at radius 3 is 2.18 bits per heavy atom. The molecule has 0 saturated carbocycles. The van der Waals surface area contributed by atoms with Crippen LogP contribution in [0.4, 0.5) is 0 Å². The Kier molecular flexibility index (Phi) is 5.78. The number of aromatic amines is 1. The maximum absolute atomic E-state index is 5.54. The van der Waals surface area contributed by atoms with Gasteiger partial charge >= 0.3 is 0 Å². The number of methoxy groups -OCH3 is 2. The molecular weight excluding hydrogens is 352 g/mol. The Morgan fingerprint density at radius 1 is 1.00 bits per heavy atom. The number of imidazole rings is 1. The topological polar surface area (TPSA) is 72.9 Å². The van der Waals surface area contributed by atoms with Crippen molar-refractivity contribution in [2.24, 2.45) is 0 Å². The first-order chi connectivity index (χ1) is 13.5. The monoisotopic (exact) mass is 378 g/mol. The van der Waals surface area contributed by atoms with E-state index in [0.29, 0.717) is 30.3 Å². The van der Waals surface area contributed by atoms with Crippen molar-refractivity contribution in [1.82, 2.24) is 19.9 Å². The summed E-state index contributed by atoms with van der Waals surface area (Å²) in [6.07, 6.45) is 4.70. The quantitative estimate of drug-likeness (QED) is 0.603. The van der Waals surface area contributed by atoms with Gasteiger partial charge in [-0.25, -0.2) is 15.0 Å². The van der Waals surface area contributed by atoms with Crippen molar-refractivity contribution in [1.29, 1.82) is 0 Å². The zero-order valence-electron chi connectivity index (χ0n) is 16.8. The van der Waals surface area contributed by atoms with Crippen LogP contribution in [0.15, 0.2) is 49.3 Å². The maximum Gasteiger partial charge on any atom is 0.236 e. The molecule has 0 fully saturated rings. The molecule has 0 spiro atoms.